The second-order valence-electron chi connectivity index (χ2n) is 2.96. The first kappa shape index (κ1) is 11.5. The number of rotatable bonds is 3. The van der Waals surface area contributed by atoms with Gasteiger partial charge in [0.2, 0.25) is 0 Å². The predicted molar refractivity (Wildman–Crippen MR) is 57.2 cm³/mol. The summed E-state index contributed by atoms with van der Waals surface area (Å²) < 4.78 is 0. The fraction of sp³-hybridized carbons (Fsp3) is 0.667. The van der Waals surface area contributed by atoms with E-state index in [1.807, 2.05) is 0 Å². The average Bonchev–Trinajstić information content (AvgIpc) is 2.23. The number of hydrogen-bond donors (Lipinski definition) is 0. The first-order chi connectivity index (χ1) is 7.31. The lowest BCUT2D eigenvalue weighted by Crippen LogP contribution is -2.26. The van der Waals surface area contributed by atoms with E-state index in [4.69, 9.17) is 14.5 Å². The molecule has 15 heavy (non-hydrogen) atoms. The van der Waals surface area contributed by atoms with E-state index in [1.54, 1.807) is 0 Å². The zero-order valence-corrected chi connectivity index (χ0v) is 9.19. The smallest absolute Gasteiger partial charge is 0.110 e. The predicted octanol–water partition coefficient (Wildman–Crippen LogP) is 1.18. The van der Waals surface area contributed by atoms with Gasteiger partial charge in [0.15, 0.2) is 0 Å². The van der Waals surface area contributed by atoms with Gasteiger partial charge < -0.3 is 14.5 Å². The van der Waals surface area contributed by atoms with E-state index in [0.29, 0.717) is 6.42 Å². The lowest BCUT2D eigenvalue weighted by atomic mass is 9.95. The zero-order valence-electron chi connectivity index (χ0n) is 9.19. The highest BCUT2D eigenvalue weighted by atomic mass is 16.6. The van der Waals surface area contributed by atoms with Crippen molar-refractivity contribution in [1.29, 1.82) is 0 Å². The van der Waals surface area contributed by atoms with Gasteiger partial charge in [0.1, 0.15) is 32.8 Å². The Morgan fingerprint density at radius 1 is 0.800 bits per heavy atom. The quantitative estimate of drug-likeness (QED) is 0.661. The summed E-state index contributed by atoms with van der Waals surface area (Å²) >= 11 is 0. The van der Waals surface area contributed by atoms with Crippen LogP contribution in [0.2, 0.25) is 0 Å². The van der Waals surface area contributed by atoms with Gasteiger partial charge in [-0.2, -0.15) is 0 Å². The van der Waals surface area contributed by atoms with Crippen LogP contribution in [0.1, 0.15) is 19.3 Å². The van der Waals surface area contributed by atoms with Gasteiger partial charge in [-0.05, 0) is 6.42 Å². The van der Waals surface area contributed by atoms with Gasteiger partial charge in [-0.15, -0.1) is 0 Å². The summed E-state index contributed by atoms with van der Waals surface area (Å²) in [7, 11) is 4.54. The van der Waals surface area contributed by atoms with Crippen molar-refractivity contribution in [3.05, 3.63) is 0 Å². The maximum atomic E-state index is 4.74. The molecule has 0 aromatic rings. The Bertz CT molecular complexity index is 297. The van der Waals surface area contributed by atoms with Crippen LogP contribution in [0.25, 0.3) is 0 Å². The van der Waals surface area contributed by atoms with E-state index in [1.165, 1.54) is 21.3 Å². The van der Waals surface area contributed by atoms with E-state index in [9.17, 15) is 0 Å². The van der Waals surface area contributed by atoms with Crippen molar-refractivity contribution in [2.45, 2.75) is 19.3 Å². The maximum Gasteiger partial charge on any atom is 0.110 e. The Morgan fingerprint density at radius 3 is 2.00 bits per heavy atom. The lowest BCUT2D eigenvalue weighted by molar-refractivity contribution is 0.207. The van der Waals surface area contributed by atoms with Crippen LogP contribution in [-0.4, -0.2) is 38.5 Å². The molecule has 0 unspecified atom stereocenters. The minimum Gasteiger partial charge on any atom is -0.399 e. The van der Waals surface area contributed by atoms with Gasteiger partial charge in [0.25, 0.3) is 0 Å². The summed E-state index contributed by atoms with van der Waals surface area (Å²) in [6, 6.07) is 0. The molecule has 0 amide bonds. The SMILES string of the molecule is CON=C1CCC(=NOC)C(=NOC)C1. The summed E-state index contributed by atoms with van der Waals surface area (Å²) in [4.78, 5) is 14.2. The second-order valence-corrected chi connectivity index (χ2v) is 2.96. The van der Waals surface area contributed by atoms with Gasteiger partial charge in [0, 0.05) is 12.8 Å². The van der Waals surface area contributed by atoms with Crippen LogP contribution in [-0.2, 0) is 14.5 Å². The van der Waals surface area contributed by atoms with E-state index >= 15 is 0 Å². The Balaban J connectivity index is 2.79. The Hall–Kier alpha value is -1.59. The van der Waals surface area contributed by atoms with Gasteiger partial charge in [-0.3, -0.25) is 0 Å². The van der Waals surface area contributed by atoms with E-state index in [-0.39, 0.29) is 0 Å². The van der Waals surface area contributed by atoms with Crippen molar-refractivity contribution in [2.75, 3.05) is 21.3 Å². The second kappa shape index (κ2) is 6.00. The molecule has 0 aromatic heterocycles. The molecule has 1 rings (SSSR count). The largest absolute Gasteiger partial charge is 0.399 e. The van der Waals surface area contributed by atoms with Crippen molar-refractivity contribution in [2.24, 2.45) is 15.5 Å². The van der Waals surface area contributed by atoms with Crippen LogP contribution in [0.5, 0.6) is 0 Å². The van der Waals surface area contributed by atoms with E-state index in [2.05, 4.69) is 15.5 Å². The summed E-state index contributed by atoms with van der Waals surface area (Å²) in [5, 5.41) is 11.7. The Labute approximate surface area is 88.5 Å². The third-order valence-electron chi connectivity index (χ3n) is 1.98. The molecule has 84 valence electrons. The van der Waals surface area contributed by atoms with Gasteiger partial charge in [-0.25, -0.2) is 0 Å². The van der Waals surface area contributed by atoms with Gasteiger partial charge in [0.05, 0.1) is 5.71 Å². The third kappa shape index (κ3) is 3.23. The standard InChI is InChI=1S/C9H15N3O3/c1-13-10-7-4-5-8(11-14-2)9(6-7)12-15-3/h4-6H2,1-3H3. The van der Waals surface area contributed by atoms with Gasteiger partial charge >= 0.3 is 0 Å². The zero-order chi connectivity index (χ0) is 11.1. The van der Waals surface area contributed by atoms with Crippen LogP contribution in [0.3, 0.4) is 0 Å². The molecular weight excluding hydrogens is 198 g/mol. The molecule has 0 radical (unpaired) electrons. The molecule has 0 bridgehead atoms. The van der Waals surface area contributed by atoms with Crippen LogP contribution in [0, 0.1) is 0 Å². The van der Waals surface area contributed by atoms with Crippen molar-refractivity contribution >= 4 is 17.1 Å². The fourth-order valence-electron chi connectivity index (χ4n) is 1.40. The Kier molecular flexibility index (Phi) is 4.59. The molecule has 6 nitrogen and oxygen atoms in total. The topological polar surface area (TPSA) is 64.8 Å². The molecule has 0 atom stereocenters. The molecule has 0 spiro atoms. The minimum absolute atomic E-state index is 0.587. The van der Waals surface area contributed by atoms with Crippen molar-refractivity contribution in [1.82, 2.24) is 0 Å². The summed E-state index contributed by atoms with van der Waals surface area (Å²) in [5.74, 6) is 0. The first-order valence-corrected chi connectivity index (χ1v) is 4.61. The fourth-order valence-corrected chi connectivity index (χ4v) is 1.40. The average molecular weight is 213 g/mol. The molecule has 0 aromatic carbocycles. The summed E-state index contributed by atoms with van der Waals surface area (Å²) in [5.41, 5.74) is 2.47. The molecular formula is C9H15N3O3. The van der Waals surface area contributed by atoms with Crippen molar-refractivity contribution < 1.29 is 14.5 Å². The van der Waals surface area contributed by atoms with Crippen molar-refractivity contribution in [3.8, 4) is 0 Å². The highest BCUT2D eigenvalue weighted by molar-refractivity contribution is 6.47. The molecule has 0 heterocycles. The van der Waals surface area contributed by atoms with Crippen LogP contribution >= 0.6 is 0 Å². The molecule has 1 fully saturated rings. The molecule has 1 aliphatic rings. The van der Waals surface area contributed by atoms with Crippen LogP contribution < -0.4 is 0 Å². The lowest BCUT2D eigenvalue weighted by Gasteiger charge is -2.15. The van der Waals surface area contributed by atoms with Crippen LogP contribution in [0.15, 0.2) is 15.5 Å². The molecule has 0 aliphatic heterocycles. The number of nitrogens with zero attached hydrogens (tertiary/aromatic N) is 3. The molecule has 0 N–H and O–H groups in total. The first-order valence-electron chi connectivity index (χ1n) is 4.61. The maximum absolute atomic E-state index is 4.74. The summed E-state index contributed by atoms with van der Waals surface area (Å²) in [6.45, 7) is 0. The van der Waals surface area contributed by atoms with E-state index < -0.39 is 0 Å². The normalized spacial score (nSPS) is 24.6. The third-order valence-corrected chi connectivity index (χ3v) is 1.98. The number of hydrogen-bond acceptors (Lipinski definition) is 6. The molecule has 0 saturated heterocycles. The molecule has 1 saturated carbocycles. The monoisotopic (exact) mass is 213 g/mol. The molecule has 1 aliphatic carbocycles. The Morgan fingerprint density at radius 2 is 1.40 bits per heavy atom. The van der Waals surface area contributed by atoms with Gasteiger partial charge in [-0.1, -0.05) is 15.5 Å². The molecule has 6 heteroatoms. The summed E-state index contributed by atoms with van der Waals surface area (Å²) in [6.07, 6.45) is 2.13. The van der Waals surface area contributed by atoms with Crippen molar-refractivity contribution in [3.63, 3.8) is 0 Å². The van der Waals surface area contributed by atoms with Crippen LogP contribution in [0.4, 0.5) is 0 Å². The highest BCUT2D eigenvalue weighted by Crippen LogP contribution is 2.12. The minimum atomic E-state index is 0.587. The number of oxime groups is 3. The highest BCUT2D eigenvalue weighted by Gasteiger charge is 2.21. The van der Waals surface area contributed by atoms with E-state index in [0.717, 1.165) is 30.0 Å².